The van der Waals surface area contributed by atoms with Gasteiger partial charge in [-0.1, -0.05) is 29.8 Å². The largest absolute Gasteiger partial charge is 0.493 e. The molecule has 0 bridgehead atoms. The highest BCUT2D eigenvalue weighted by molar-refractivity contribution is 7.92. The fourth-order valence-corrected chi connectivity index (χ4v) is 4.96. The van der Waals surface area contributed by atoms with Gasteiger partial charge in [-0.25, -0.2) is 8.42 Å². The summed E-state index contributed by atoms with van der Waals surface area (Å²) < 4.78 is 44.6. The number of hydrogen-bond acceptors (Lipinski definition) is 6. The van der Waals surface area contributed by atoms with Crippen molar-refractivity contribution in [3.05, 3.63) is 77.9 Å². The number of methoxy groups -OCH3 is 2. The van der Waals surface area contributed by atoms with E-state index in [9.17, 15) is 13.2 Å². The van der Waals surface area contributed by atoms with E-state index in [0.717, 1.165) is 15.4 Å². The van der Waals surface area contributed by atoms with Crippen molar-refractivity contribution in [3.8, 4) is 17.2 Å². The average molecular weight is 513 g/mol. The minimum atomic E-state index is -4.11. The predicted octanol–water partition coefficient (Wildman–Crippen LogP) is 4.31. The molecule has 3 aromatic carbocycles. The van der Waals surface area contributed by atoms with Gasteiger partial charge in [0.15, 0.2) is 11.5 Å². The summed E-state index contributed by atoms with van der Waals surface area (Å²) in [6.45, 7) is 5.61. The summed E-state index contributed by atoms with van der Waals surface area (Å²) >= 11 is 0. The van der Waals surface area contributed by atoms with Crippen LogP contribution in [-0.4, -0.2) is 41.2 Å². The Morgan fingerprint density at radius 2 is 1.64 bits per heavy atom. The van der Waals surface area contributed by atoms with E-state index in [4.69, 9.17) is 14.2 Å². The van der Waals surface area contributed by atoms with Gasteiger partial charge in [-0.15, -0.1) is 0 Å². The van der Waals surface area contributed by atoms with E-state index in [1.165, 1.54) is 32.4 Å². The van der Waals surface area contributed by atoms with Crippen LogP contribution in [0.5, 0.6) is 17.2 Å². The number of sulfonamides is 1. The molecule has 0 atom stereocenters. The zero-order valence-electron chi connectivity index (χ0n) is 21.1. The van der Waals surface area contributed by atoms with E-state index in [2.05, 4.69) is 5.32 Å². The maximum absolute atomic E-state index is 13.7. The lowest BCUT2D eigenvalue weighted by Crippen LogP contribution is -2.40. The number of anilines is 1. The molecule has 1 N–H and O–H groups in total. The Balaban J connectivity index is 1.85. The fraction of sp³-hybridized carbons (Fsp3) is 0.296. The van der Waals surface area contributed by atoms with Crippen LogP contribution in [0, 0.1) is 6.92 Å². The third-order valence-corrected chi connectivity index (χ3v) is 7.08. The second-order valence-corrected chi connectivity index (χ2v) is 10.3. The molecule has 0 saturated carbocycles. The lowest BCUT2D eigenvalue weighted by molar-refractivity contribution is -0.119. The van der Waals surface area contributed by atoms with Gasteiger partial charge in [0, 0.05) is 12.6 Å². The number of benzene rings is 3. The zero-order valence-corrected chi connectivity index (χ0v) is 22.0. The molecular formula is C27H32N2O6S. The first kappa shape index (κ1) is 26.9. The van der Waals surface area contributed by atoms with Gasteiger partial charge in [0.2, 0.25) is 5.91 Å². The van der Waals surface area contributed by atoms with E-state index in [1.54, 1.807) is 24.3 Å². The molecule has 0 heterocycles. The van der Waals surface area contributed by atoms with Crippen LogP contribution in [0.4, 0.5) is 5.69 Å². The highest BCUT2D eigenvalue weighted by Crippen LogP contribution is 2.32. The maximum Gasteiger partial charge on any atom is 0.264 e. The molecule has 3 rings (SSSR count). The fourth-order valence-electron chi connectivity index (χ4n) is 3.52. The van der Waals surface area contributed by atoms with Crippen LogP contribution in [0.1, 0.15) is 25.0 Å². The molecule has 192 valence electrons. The van der Waals surface area contributed by atoms with Crippen molar-refractivity contribution in [1.82, 2.24) is 5.32 Å². The number of ether oxygens (including phenoxy) is 3. The zero-order chi connectivity index (χ0) is 26.3. The average Bonchev–Trinajstić information content (AvgIpc) is 2.86. The molecule has 0 saturated heterocycles. The maximum atomic E-state index is 13.7. The van der Waals surface area contributed by atoms with Crippen LogP contribution in [0.2, 0.25) is 0 Å². The topological polar surface area (TPSA) is 94.2 Å². The van der Waals surface area contributed by atoms with Crippen molar-refractivity contribution in [1.29, 1.82) is 0 Å². The summed E-state index contributed by atoms with van der Waals surface area (Å²) in [5, 5.41) is 2.81. The Morgan fingerprint density at radius 3 is 2.28 bits per heavy atom. The Kier molecular flexibility index (Phi) is 8.82. The molecule has 36 heavy (non-hydrogen) atoms. The molecule has 0 fully saturated rings. The van der Waals surface area contributed by atoms with Crippen LogP contribution in [0.15, 0.2) is 71.6 Å². The molecule has 9 heteroatoms. The summed E-state index contributed by atoms with van der Waals surface area (Å²) in [6.07, 6.45) is 0.0275. The minimum absolute atomic E-state index is 0.0212. The van der Waals surface area contributed by atoms with Crippen molar-refractivity contribution < 1.29 is 27.4 Å². The second-order valence-electron chi connectivity index (χ2n) is 8.45. The summed E-state index contributed by atoms with van der Waals surface area (Å²) in [5.74, 6) is 0.930. The van der Waals surface area contributed by atoms with E-state index >= 15 is 0 Å². The summed E-state index contributed by atoms with van der Waals surface area (Å²) in [5.41, 5.74) is 2.18. The first-order valence-corrected chi connectivity index (χ1v) is 12.9. The standard InChI is InChI=1S/C27H32N2O6S/c1-19(2)35-23-8-6-7-21(15-23)17-28-27(30)18-29(22-11-9-20(3)10-12-22)36(31,32)24-13-14-25(33-4)26(16-24)34-5/h6-16,19H,17-18H2,1-5H3,(H,28,30). The number of amides is 1. The number of carbonyl (C=O) groups excluding carboxylic acids is 1. The van der Waals surface area contributed by atoms with Gasteiger partial charge in [0.05, 0.1) is 30.9 Å². The molecular weight excluding hydrogens is 480 g/mol. The molecule has 0 aliphatic heterocycles. The monoisotopic (exact) mass is 512 g/mol. The van der Waals surface area contributed by atoms with Crippen molar-refractivity contribution in [2.24, 2.45) is 0 Å². The Bertz CT molecular complexity index is 1290. The number of rotatable bonds is 11. The molecule has 0 spiro atoms. The van der Waals surface area contributed by atoms with Crippen LogP contribution in [-0.2, 0) is 21.4 Å². The summed E-state index contributed by atoms with van der Waals surface area (Å²) in [4.78, 5) is 12.9. The number of hydrogen-bond donors (Lipinski definition) is 1. The summed E-state index contributed by atoms with van der Waals surface area (Å²) in [6, 6.07) is 18.7. The van der Waals surface area contributed by atoms with E-state index in [-0.39, 0.29) is 23.3 Å². The van der Waals surface area contributed by atoms with Crippen molar-refractivity contribution in [2.75, 3.05) is 25.1 Å². The van der Waals surface area contributed by atoms with Crippen molar-refractivity contribution in [3.63, 3.8) is 0 Å². The minimum Gasteiger partial charge on any atom is -0.493 e. The molecule has 0 aliphatic carbocycles. The normalized spacial score (nSPS) is 11.2. The number of nitrogens with one attached hydrogen (secondary N) is 1. The van der Waals surface area contributed by atoms with Crippen LogP contribution in [0.3, 0.4) is 0 Å². The Labute approximate surface area is 212 Å². The highest BCUT2D eigenvalue weighted by Gasteiger charge is 2.28. The first-order valence-electron chi connectivity index (χ1n) is 11.5. The lowest BCUT2D eigenvalue weighted by Gasteiger charge is -2.24. The SMILES string of the molecule is COc1ccc(S(=O)(=O)N(CC(=O)NCc2cccc(OC(C)C)c2)c2ccc(C)cc2)cc1OC. The molecule has 0 radical (unpaired) electrons. The molecule has 0 unspecified atom stereocenters. The van der Waals surface area contributed by atoms with Crippen molar-refractivity contribution in [2.45, 2.75) is 38.3 Å². The number of nitrogens with zero attached hydrogens (tertiary/aromatic N) is 1. The van der Waals surface area contributed by atoms with Crippen LogP contribution < -0.4 is 23.8 Å². The number of carbonyl (C=O) groups is 1. The van der Waals surface area contributed by atoms with Crippen LogP contribution >= 0.6 is 0 Å². The van der Waals surface area contributed by atoms with E-state index in [0.29, 0.717) is 17.2 Å². The van der Waals surface area contributed by atoms with Gasteiger partial charge in [-0.3, -0.25) is 9.10 Å². The smallest absolute Gasteiger partial charge is 0.264 e. The Morgan fingerprint density at radius 1 is 0.944 bits per heavy atom. The third-order valence-electron chi connectivity index (χ3n) is 5.31. The van der Waals surface area contributed by atoms with Gasteiger partial charge in [-0.2, -0.15) is 0 Å². The van der Waals surface area contributed by atoms with Gasteiger partial charge in [-0.05, 0) is 62.7 Å². The predicted molar refractivity (Wildman–Crippen MR) is 139 cm³/mol. The molecule has 8 nitrogen and oxygen atoms in total. The van der Waals surface area contributed by atoms with Gasteiger partial charge in [0.25, 0.3) is 10.0 Å². The van der Waals surface area contributed by atoms with E-state index < -0.39 is 22.5 Å². The Hall–Kier alpha value is -3.72. The van der Waals surface area contributed by atoms with Crippen LogP contribution in [0.25, 0.3) is 0 Å². The molecule has 3 aromatic rings. The molecule has 1 amide bonds. The number of aryl methyl sites for hydroxylation is 1. The van der Waals surface area contributed by atoms with Gasteiger partial charge < -0.3 is 19.5 Å². The first-order chi connectivity index (χ1) is 17.1. The second kappa shape index (κ2) is 11.8. The van der Waals surface area contributed by atoms with Gasteiger partial charge in [0.1, 0.15) is 12.3 Å². The molecule has 0 aromatic heterocycles. The lowest BCUT2D eigenvalue weighted by atomic mass is 10.2. The van der Waals surface area contributed by atoms with E-state index in [1.807, 2.05) is 45.0 Å². The quantitative estimate of drug-likeness (QED) is 0.412. The molecule has 0 aliphatic rings. The highest BCUT2D eigenvalue weighted by atomic mass is 32.2. The van der Waals surface area contributed by atoms with Gasteiger partial charge >= 0.3 is 0 Å². The summed E-state index contributed by atoms with van der Waals surface area (Å²) in [7, 11) is -1.20. The van der Waals surface area contributed by atoms with Crippen molar-refractivity contribution >= 4 is 21.6 Å². The third kappa shape index (κ3) is 6.69.